The lowest BCUT2D eigenvalue weighted by Gasteiger charge is -2.02. The average molecular weight is 525 g/mol. The molecule has 0 saturated carbocycles. The molecule has 0 rings (SSSR count). The lowest BCUT2D eigenvalue weighted by Crippen LogP contribution is -1.84. The smallest absolute Gasteiger partial charge is 0.0431 e. The maximum atomic E-state index is 8.70. The summed E-state index contributed by atoms with van der Waals surface area (Å²) in [4.78, 5) is 0. The van der Waals surface area contributed by atoms with Crippen LogP contribution in [0.3, 0.4) is 0 Å². The van der Waals surface area contributed by atoms with Gasteiger partial charge < -0.3 is 5.11 Å². The van der Waals surface area contributed by atoms with Crippen molar-refractivity contribution in [3.63, 3.8) is 0 Å². The van der Waals surface area contributed by atoms with Gasteiger partial charge in [-0.3, -0.25) is 0 Å². The lowest BCUT2D eigenvalue weighted by atomic mass is 10.1. The summed E-state index contributed by atoms with van der Waals surface area (Å²) < 4.78 is 0. The normalized spacial score (nSPS) is 11.2. The fourth-order valence-electron chi connectivity index (χ4n) is 1.64. The Kier molecular flexibility index (Phi) is 30.1. The van der Waals surface area contributed by atoms with Gasteiger partial charge >= 0.3 is 0 Å². The molecular formula is C11H24OS11. The first-order chi connectivity index (χ1) is 11.4. The van der Waals surface area contributed by atoms with Gasteiger partial charge in [0.2, 0.25) is 0 Å². The standard InChI is InChI=1S/C11H24OS11/c12-10-8-6-4-2-1-3-5-7-9-11-14-16-18-20-22-23-21-19-17-15-13/h12-13H,1-11H2. The third-order valence-corrected chi connectivity index (χ3v) is 22.9. The van der Waals surface area contributed by atoms with E-state index in [1.807, 2.05) is 59.9 Å². The number of aliphatic hydroxyl groups is 1. The third kappa shape index (κ3) is 25.8. The van der Waals surface area contributed by atoms with E-state index in [4.69, 9.17) is 5.11 Å². The minimum atomic E-state index is 0.358. The summed E-state index contributed by atoms with van der Waals surface area (Å²) in [5.74, 6) is 1.27. The van der Waals surface area contributed by atoms with Crippen LogP contribution in [0.1, 0.15) is 57.8 Å². The Morgan fingerprint density at radius 2 is 0.957 bits per heavy atom. The van der Waals surface area contributed by atoms with Crippen LogP contribution in [0.2, 0.25) is 0 Å². The van der Waals surface area contributed by atoms with Gasteiger partial charge in [-0.2, -0.15) is 0 Å². The minimum absolute atomic E-state index is 0.358. The van der Waals surface area contributed by atoms with E-state index in [1.54, 1.807) is 29.5 Å². The van der Waals surface area contributed by atoms with E-state index in [0.29, 0.717) is 6.61 Å². The fourth-order valence-corrected chi connectivity index (χ4v) is 24.2. The van der Waals surface area contributed by atoms with Crippen LogP contribution in [-0.4, -0.2) is 17.5 Å². The third-order valence-electron chi connectivity index (χ3n) is 2.66. The van der Waals surface area contributed by atoms with Gasteiger partial charge in [0.05, 0.1) is 0 Å². The van der Waals surface area contributed by atoms with Crippen molar-refractivity contribution in [3.8, 4) is 0 Å². The molecule has 0 aliphatic rings. The first-order valence-electron chi connectivity index (χ1n) is 7.29. The molecule has 0 saturated heterocycles. The zero-order valence-corrected chi connectivity index (χ0v) is 21.8. The predicted octanol–water partition coefficient (Wildman–Crippen LogP) is 9.90. The maximum Gasteiger partial charge on any atom is 0.0431 e. The fraction of sp³-hybridized carbons (Fsp3) is 1.00. The number of unbranched alkanes of at least 4 members (excludes halogenated alkanes) is 8. The second-order valence-corrected chi connectivity index (χ2v) is 21.8. The molecule has 1 N–H and O–H groups in total. The molecule has 0 fully saturated rings. The SMILES string of the molecule is OCCCCCCCCCCCSSSSSSSSSSS. The first-order valence-corrected chi connectivity index (χ1v) is 21.3. The second-order valence-electron chi connectivity index (χ2n) is 4.35. The van der Waals surface area contributed by atoms with Crippen LogP contribution in [-0.2, 0) is 0 Å². The molecule has 0 aliphatic carbocycles. The molecule has 140 valence electrons. The summed E-state index contributed by atoms with van der Waals surface area (Å²) in [5.41, 5.74) is 0. The van der Waals surface area contributed by atoms with E-state index in [9.17, 15) is 0 Å². The number of rotatable bonds is 20. The molecule has 0 amide bonds. The van der Waals surface area contributed by atoms with Gasteiger partial charge in [-0.15, -0.1) is 0 Å². The van der Waals surface area contributed by atoms with Gasteiger partial charge in [0.1, 0.15) is 0 Å². The number of hydrogen-bond acceptors (Lipinski definition) is 12. The van der Waals surface area contributed by atoms with Gasteiger partial charge in [0.15, 0.2) is 0 Å². The molecule has 0 heterocycles. The quantitative estimate of drug-likeness (QED) is 0.0901. The number of aliphatic hydroxyl groups excluding tert-OH is 1. The molecule has 12 heteroatoms. The summed E-state index contributed by atoms with van der Waals surface area (Å²) in [7, 11) is 18.0. The molecule has 23 heavy (non-hydrogen) atoms. The molecule has 0 spiro atoms. The molecule has 0 aliphatic heterocycles. The zero-order valence-electron chi connectivity index (χ0n) is 12.8. The van der Waals surface area contributed by atoms with Crippen LogP contribution in [0, 0.1) is 0 Å². The molecule has 1 nitrogen and oxygen atoms in total. The van der Waals surface area contributed by atoms with Crippen LogP contribution in [0.5, 0.6) is 0 Å². The first kappa shape index (κ1) is 26.8. The summed E-state index contributed by atoms with van der Waals surface area (Å²) in [6.45, 7) is 0.358. The van der Waals surface area contributed by atoms with Gasteiger partial charge in [0.25, 0.3) is 0 Å². The summed E-state index contributed by atoms with van der Waals surface area (Å²) >= 11 is 4.07. The van der Waals surface area contributed by atoms with Gasteiger partial charge in [0, 0.05) is 12.4 Å². The largest absolute Gasteiger partial charge is 0.396 e. The van der Waals surface area contributed by atoms with E-state index in [1.165, 1.54) is 66.9 Å². The highest BCUT2D eigenvalue weighted by Crippen LogP contribution is 2.60. The van der Waals surface area contributed by atoms with Crippen molar-refractivity contribution in [1.29, 1.82) is 0 Å². The number of hydrogen-bond donors (Lipinski definition) is 2. The van der Waals surface area contributed by atoms with Crippen LogP contribution in [0.25, 0.3) is 0 Å². The second kappa shape index (κ2) is 25.8. The summed E-state index contributed by atoms with van der Waals surface area (Å²) in [6, 6.07) is 0. The van der Waals surface area contributed by atoms with E-state index in [0.717, 1.165) is 6.42 Å². The molecule has 0 radical (unpaired) electrons. The predicted molar refractivity (Wildman–Crippen MR) is 138 cm³/mol. The van der Waals surface area contributed by atoms with Crippen LogP contribution in [0.4, 0.5) is 0 Å². The van der Waals surface area contributed by atoms with Crippen molar-refractivity contribution in [2.75, 3.05) is 12.4 Å². The maximum absolute atomic E-state index is 8.70. The van der Waals surface area contributed by atoms with Crippen LogP contribution < -0.4 is 0 Å². The van der Waals surface area contributed by atoms with Crippen molar-refractivity contribution in [2.24, 2.45) is 0 Å². The van der Waals surface area contributed by atoms with Crippen LogP contribution in [0.15, 0.2) is 0 Å². The summed E-state index contributed by atoms with van der Waals surface area (Å²) in [5, 5.41) is 8.70. The van der Waals surface area contributed by atoms with Crippen molar-refractivity contribution in [2.45, 2.75) is 57.8 Å². The Morgan fingerprint density at radius 3 is 1.48 bits per heavy atom. The Labute approximate surface area is 184 Å². The lowest BCUT2D eigenvalue weighted by molar-refractivity contribution is 0.282. The van der Waals surface area contributed by atoms with Crippen molar-refractivity contribution in [3.05, 3.63) is 0 Å². The highest BCUT2D eigenvalue weighted by atomic mass is 34.0. The van der Waals surface area contributed by atoms with Gasteiger partial charge in [-0.1, -0.05) is 67.4 Å². The Bertz CT molecular complexity index is 192. The molecule has 0 aromatic rings. The molecule has 0 atom stereocenters. The molecule has 0 unspecified atom stereocenters. The van der Waals surface area contributed by atoms with E-state index < -0.39 is 0 Å². The minimum Gasteiger partial charge on any atom is -0.396 e. The average Bonchev–Trinajstić information content (AvgIpc) is 2.57. The van der Waals surface area contributed by atoms with Crippen molar-refractivity contribution >= 4 is 111 Å². The van der Waals surface area contributed by atoms with E-state index in [-0.39, 0.29) is 0 Å². The van der Waals surface area contributed by atoms with Gasteiger partial charge in [-0.05, 0) is 101 Å². The Balaban J connectivity index is 2.92. The molecule has 0 aromatic heterocycles. The monoisotopic (exact) mass is 524 g/mol. The molecular weight excluding hydrogens is 501 g/mol. The Hall–Kier alpha value is 3.81. The Morgan fingerprint density at radius 1 is 0.522 bits per heavy atom. The highest BCUT2D eigenvalue weighted by Gasteiger charge is 1.97. The topological polar surface area (TPSA) is 20.2 Å². The highest BCUT2D eigenvalue weighted by molar-refractivity contribution is 9.53. The molecule has 0 bridgehead atoms. The van der Waals surface area contributed by atoms with E-state index in [2.05, 4.69) is 11.7 Å². The van der Waals surface area contributed by atoms with Crippen molar-refractivity contribution in [1.82, 2.24) is 0 Å². The number of thiol groups is 1. The zero-order chi connectivity index (χ0) is 16.8. The van der Waals surface area contributed by atoms with Crippen LogP contribution >= 0.6 is 111 Å². The molecule has 0 aromatic carbocycles. The summed E-state index contributed by atoms with van der Waals surface area (Å²) in [6.07, 6.45) is 11.7. The van der Waals surface area contributed by atoms with E-state index >= 15 is 0 Å². The van der Waals surface area contributed by atoms with Crippen molar-refractivity contribution < 1.29 is 5.11 Å². The van der Waals surface area contributed by atoms with Gasteiger partial charge in [-0.25, -0.2) is 0 Å².